The zero-order valence-electron chi connectivity index (χ0n) is 20.4. The van der Waals surface area contributed by atoms with E-state index in [1.807, 2.05) is 0 Å². The summed E-state index contributed by atoms with van der Waals surface area (Å²) in [6.07, 6.45) is 0. The van der Waals surface area contributed by atoms with Crippen molar-refractivity contribution < 1.29 is 61.1 Å². The van der Waals surface area contributed by atoms with Gasteiger partial charge < -0.3 is 13.1 Å². The number of benzene rings is 4. The van der Waals surface area contributed by atoms with Gasteiger partial charge >= 0.3 is 37.2 Å². The van der Waals surface area contributed by atoms with Crippen molar-refractivity contribution in [2.24, 2.45) is 0 Å². The van der Waals surface area contributed by atoms with Crippen LogP contribution in [0.3, 0.4) is 0 Å². The Hall–Kier alpha value is -4.05. The highest BCUT2D eigenvalue weighted by molar-refractivity contribution is 7.88. The van der Waals surface area contributed by atoms with Crippen LogP contribution in [-0.2, 0) is 25.0 Å². The molecule has 0 spiro atoms. The Kier molecular flexibility index (Phi) is 7.60. The predicted octanol–water partition coefficient (Wildman–Crippen LogP) is 6.29. The molecular weight excluding hydrogens is 606 g/mol. The molecule has 41 heavy (non-hydrogen) atoms. The molecule has 4 aromatic rings. The van der Waals surface area contributed by atoms with Crippen LogP contribution in [0.5, 0.6) is 11.5 Å². The Morgan fingerprint density at radius 1 is 0.707 bits per heavy atom. The first-order valence-corrected chi connectivity index (χ1v) is 14.1. The second-order valence-corrected chi connectivity index (χ2v) is 11.3. The van der Waals surface area contributed by atoms with E-state index in [4.69, 9.17) is 4.74 Å². The SMILES string of the molecule is CCOC(=O)c1cc2ccccc2c(-c2c(OS(=O)(=O)C(F)(F)F)ccc3ccccc23)c1OS(=O)(=O)C(F)(F)F. The molecule has 0 saturated carbocycles. The van der Waals surface area contributed by atoms with Gasteiger partial charge in [-0.1, -0.05) is 54.6 Å². The summed E-state index contributed by atoms with van der Waals surface area (Å²) in [5, 5.41) is 0.107. The van der Waals surface area contributed by atoms with Crippen LogP contribution in [0.4, 0.5) is 26.3 Å². The highest BCUT2D eigenvalue weighted by Gasteiger charge is 2.50. The van der Waals surface area contributed by atoms with Gasteiger partial charge in [-0.05, 0) is 40.6 Å². The minimum Gasteiger partial charge on any atom is -0.462 e. The average Bonchev–Trinajstić information content (AvgIpc) is 2.87. The van der Waals surface area contributed by atoms with Crippen LogP contribution >= 0.6 is 0 Å². The molecule has 4 rings (SSSR count). The number of alkyl halides is 6. The Bertz CT molecular complexity index is 1880. The van der Waals surface area contributed by atoms with Crippen molar-refractivity contribution in [1.82, 2.24) is 0 Å². The lowest BCUT2D eigenvalue weighted by molar-refractivity contribution is -0.0505. The Morgan fingerprint density at radius 3 is 1.78 bits per heavy atom. The number of hydrogen-bond acceptors (Lipinski definition) is 8. The van der Waals surface area contributed by atoms with E-state index < -0.39 is 65.4 Å². The van der Waals surface area contributed by atoms with Gasteiger partial charge in [-0.3, -0.25) is 0 Å². The van der Waals surface area contributed by atoms with Gasteiger partial charge in [0, 0.05) is 11.1 Å². The van der Waals surface area contributed by atoms with Gasteiger partial charge in [0.25, 0.3) is 0 Å². The molecule has 0 fully saturated rings. The normalized spacial score (nSPS) is 12.9. The van der Waals surface area contributed by atoms with Gasteiger partial charge in [0.15, 0.2) is 11.5 Å². The van der Waals surface area contributed by atoms with E-state index >= 15 is 0 Å². The molecule has 16 heteroatoms. The molecule has 4 aromatic carbocycles. The van der Waals surface area contributed by atoms with Crippen LogP contribution in [0, 0.1) is 0 Å². The van der Waals surface area contributed by atoms with E-state index in [0.717, 1.165) is 12.1 Å². The third-order valence-electron chi connectivity index (χ3n) is 5.60. The number of carbonyl (C=O) groups is 1. The lowest BCUT2D eigenvalue weighted by Crippen LogP contribution is -2.29. The van der Waals surface area contributed by atoms with Crippen LogP contribution in [0.25, 0.3) is 32.7 Å². The van der Waals surface area contributed by atoms with E-state index in [0.29, 0.717) is 0 Å². The molecule has 0 radical (unpaired) electrons. The summed E-state index contributed by atoms with van der Waals surface area (Å²) in [6, 6.07) is 13.9. The maximum atomic E-state index is 13.5. The third-order valence-corrected chi connectivity index (χ3v) is 7.52. The summed E-state index contributed by atoms with van der Waals surface area (Å²) in [5.41, 5.74) is -14.0. The largest absolute Gasteiger partial charge is 0.534 e. The van der Waals surface area contributed by atoms with Crippen molar-refractivity contribution in [2.75, 3.05) is 6.61 Å². The molecule has 0 saturated heterocycles. The number of hydrogen-bond donors (Lipinski definition) is 0. The van der Waals surface area contributed by atoms with E-state index in [1.54, 1.807) is 0 Å². The summed E-state index contributed by atoms with van der Waals surface area (Å²) in [5.74, 6) is -3.65. The number of ether oxygens (including phenoxy) is 1. The maximum Gasteiger partial charge on any atom is 0.534 e. The van der Waals surface area contributed by atoms with Crippen molar-refractivity contribution in [3.8, 4) is 22.6 Å². The molecule has 0 bridgehead atoms. The summed E-state index contributed by atoms with van der Waals surface area (Å²) < 4.78 is 143. The number of carbonyl (C=O) groups excluding carboxylic acids is 1. The maximum absolute atomic E-state index is 13.5. The highest BCUT2D eigenvalue weighted by atomic mass is 32.2. The van der Waals surface area contributed by atoms with E-state index in [1.165, 1.54) is 61.5 Å². The molecule has 0 amide bonds. The van der Waals surface area contributed by atoms with E-state index in [2.05, 4.69) is 8.37 Å². The van der Waals surface area contributed by atoms with Gasteiger partial charge in [-0.2, -0.15) is 43.2 Å². The molecule has 8 nitrogen and oxygen atoms in total. The highest BCUT2D eigenvalue weighted by Crippen LogP contribution is 2.49. The minimum atomic E-state index is -6.49. The lowest BCUT2D eigenvalue weighted by atomic mass is 9.90. The fourth-order valence-corrected chi connectivity index (χ4v) is 4.88. The van der Waals surface area contributed by atoms with Crippen LogP contribution < -0.4 is 8.37 Å². The number of halogens is 6. The second-order valence-electron chi connectivity index (χ2n) is 8.20. The molecule has 218 valence electrons. The fraction of sp³-hybridized carbons (Fsp3) is 0.160. The second kappa shape index (κ2) is 10.4. The first kappa shape index (κ1) is 29.9. The summed E-state index contributed by atoms with van der Waals surface area (Å²) in [6.45, 7) is 1.05. The summed E-state index contributed by atoms with van der Waals surface area (Å²) >= 11 is 0. The molecule has 0 aliphatic heterocycles. The Balaban J connectivity index is 2.25. The molecule has 0 aliphatic carbocycles. The molecular formula is C25H16F6O8S2. The van der Waals surface area contributed by atoms with Crippen LogP contribution in [0.2, 0.25) is 0 Å². The number of fused-ring (bicyclic) bond motifs is 2. The summed E-state index contributed by atoms with van der Waals surface area (Å²) in [7, 11) is -12.8. The minimum absolute atomic E-state index is 0.0807. The predicted molar refractivity (Wildman–Crippen MR) is 134 cm³/mol. The molecule has 0 aromatic heterocycles. The fourth-order valence-electron chi connectivity index (χ4n) is 3.93. The van der Waals surface area contributed by atoms with Gasteiger partial charge in [0.1, 0.15) is 5.56 Å². The van der Waals surface area contributed by atoms with Crippen molar-refractivity contribution in [2.45, 2.75) is 17.9 Å². The molecule has 0 aliphatic rings. The first-order chi connectivity index (χ1) is 19.0. The van der Waals surface area contributed by atoms with Crippen molar-refractivity contribution in [3.05, 3.63) is 72.3 Å². The van der Waals surface area contributed by atoms with Crippen LogP contribution in [-0.4, -0.2) is 40.4 Å². The van der Waals surface area contributed by atoms with Crippen LogP contribution in [0.1, 0.15) is 17.3 Å². The molecule has 0 N–H and O–H groups in total. The standard InChI is InChI=1S/C25H16F6O8S2/c1-2-37-23(32)18-13-15-8-4-6-10-17(15)21(22(18)39-41(35,36)25(29,30)31)20-16-9-5-3-7-14(16)11-12-19(20)38-40(33,34)24(26,27)28/h3-13H,2H2,1H3. The topological polar surface area (TPSA) is 113 Å². The monoisotopic (exact) mass is 622 g/mol. The van der Waals surface area contributed by atoms with Gasteiger partial charge in [-0.15, -0.1) is 0 Å². The van der Waals surface area contributed by atoms with Crippen molar-refractivity contribution in [1.29, 1.82) is 0 Å². The third kappa shape index (κ3) is 5.61. The van der Waals surface area contributed by atoms with E-state index in [-0.39, 0.29) is 28.2 Å². The zero-order valence-corrected chi connectivity index (χ0v) is 22.0. The Labute approximate surface area is 228 Å². The smallest absolute Gasteiger partial charge is 0.462 e. The van der Waals surface area contributed by atoms with E-state index in [9.17, 15) is 48.0 Å². The Morgan fingerprint density at radius 2 is 1.22 bits per heavy atom. The first-order valence-electron chi connectivity index (χ1n) is 11.2. The molecule has 0 unspecified atom stereocenters. The lowest BCUT2D eigenvalue weighted by Gasteiger charge is -2.21. The number of esters is 1. The van der Waals surface area contributed by atoms with Gasteiger partial charge in [0.2, 0.25) is 0 Å². The average molecular weight is 623 g/mol. The van der Waals surface area contributed by atoms with Gasteiger partial charge in [-0.25, -0.2) is 4.79 Å². The molecule has 0 heterocycles. The van der Waals surface area contributed by atoms with Crippen molar-refractivity contribution in [3.63, 3.8) is 0 Å². The molecule has 0 atom stereocenters. The summed E-state index contributed by atoms with van der Waals surface area (Å²) in [4.78, 5) is 12.9. The van der Waals surface area contributed by atoms with Gasteiger partial charge in [0.05, 0.1) is 6.61 Å². The zero-order chi connectivity index (χ0) is 30.4. The van der Waals surface area contributed by atoms with Crippen LogP contribution in [0.15, 0.2) is 66.7 Å². The van der Waals surface area contributed by atoms with Crippen molar-refractivity contribution >= 4 is 47.8 Å². The quantitative estimate of drug-likeness (QED) is 0.102. The number of rotatable bonds is 7.